The molecule has 3 aromatic rings. The summed E-state index contributed by atoms with van der Waals surface area (Å²) < 4.78 is 0. The Kier molecular flexibility index (Phi) is 2.30. The van der Waals surface area contributed by atoms with Crippen LogP contribution < -0.4 is 5.32 Å². The maximum atomic E-state index is 4.53. The Bertz CT molecular complexity index is 710. The maximum absolute atomic E-state index is 4.53. The largest absolute Gasteiger partial charge is 0.326 e. The van der Waals surface area contributed by atoms with E-state index in [0.29, 0.717) is 0 Å². The van der Waals surface area contributed by atoms with Crippen LogP contribution in [0.4, 0.5) is 11.6 Å². The SMILES string of the molecule is c1ccc2[nH]c(Nc3ccc4c(c3)CCC4)nc2c1. The Hall–Kier alpha value is -2.29. The van der Waals surface area contributed by atoms with Crippen molar-refractivity contribution in [2.75, 3.05) is 5.32 Å². The van der Waals surface area contributed by atoms with Crippen LogP contribution in [0.3, 0.4) is 0 Å². The number of aromatic amines is 1. The van der Waals surface area contributed by atoms with Crippen molar-refractivity contribution in [3.8, 4) is 0 Å². The molecule has 0 spiro atoms. The molecule has 0 fully saturated rings. The number of benzene rings is 2. The van der Waals surface area contributed by atoms with E-state index in [0.717, 1.165) is 22.7 Å². The first-order valence-electron chi connectivity index (χ1n) is 6.72. The summed E-state index contributed by atoms with van der Waals surface area (Å²) in [4.78, 5) is 7.82. The van der Waals surface area contributed by atoms with Crippen molar-refractivity contribution < 1.29 is 0 Å². The molecule has 0 amide bonds. The number of hydrogen-bond donors (Lipinski definition) is 2. The van der Waals surface area contributed by atoms with Gasteiger partial charge in [0.25, 0.3) is 0 Å². The number of hydrogen-bond acceptors (Lipinski definition) is 2. The van der Waals surface area contributed by atoms with E-state index in [1.54, 1.807) is 0 Å². The summed E-state index contributed by atoms with van der Waals surface area (Å²) >= 11 is 0. The summed E-state index contributed by atoms with van der Waals surface area (Å²) in [6.07, 6.45) is 3.70. The molecule has 2 N–H and O–H groups in total. The fourth-order valence-electron chi connectivity index (χ4n) is 2.80. The topological polar surface area (TPSA) is 40.7 Å². The van der Waals surface area contributed by atoms with Gasteiger partial charge in [-0.1, -0.05) is 18.2 Å². The van der Waals surface area contributed by atoms with E-state index in [1.807, 2.05) is 24.3 Å². The Labute approximate surface area is 111 Å². The van der Waals surface area contributed by atoms with Gasteiger partial charge >= 0.3 is 0 Å². The number of para-hydroxylation sites is 2. The quantitative estimate of drug-likeness (QED) is 0.725. The van der Waals surface area contributed by atoms with Gasteiger partial charge in [0.15, 0.2) is 0 Å². The first-order valence-corrected chi connectivity index (χ1v) is 6.72. The highest BCUT2D eigenvalue weighted by molar-refractivity contribution is 5.78. The molecule has 4 rings (SSSR count). The first kappa shape index (κ1) is 10.6. The molecule has 2 aromatic carbocycles. The fraction of sp³-hybridized carbons (Fsp3) is 0.188. The molecule has 0 saturated carbocycles. The average molecular weight is 249 g/mol. The van der Waals surface area contributed by atoms with Gasteiger partial charge in [-0.05, 0) is 54.7 Å². The molecule has 0 bridgehead atoms. The van der Waals surface area contributed by atoms with Crippen molar-refractivity contribution in [1.29, 1.82) is 0 Å². The van der Waals surface area contributed by atoms with Crippen LogP contribution in [0.15, 0.2) is 42.5 Å². The molecule has 1 aliphatic carbocycles. The van der Waals surface area contributed by atoms with Gasteiger partial charge in [-0.3, -0.25) is 0 Å². The Balaban J connectivity index is 1.67. The minimum Gasteiger partial charge on any atom is -0.326 e. The van der Waals surface area contributed by atoms with Gasteiger partial charge < -0.3 is 10.3 Å². The minimum absolute atomic E-state index is 0.805. The molecule has 94 valence electrons. The highest BCUT2D eigenvalue weighted by Gasteiger charge is 2.11. The van der Waals surface area contributed by atoms with Crippen LogP contribution in [0, 0.1) is 0 Å². The zero-order chi connectivity index (χ0) is 12.7. The molecule has 1 heterocycles. The lowest BCUT2D eigenvalue weighted by Crippen LogP contribution is -1.93. The fourth-order valence-corrected chi connectivity index (χ4v) is 2.80. The molecule has 0 atom stereocenters. The predicted molar refractivity (Wildman–Crippen MR) is 77.8 cm³/mol. The second-order valence-electron chi connectivity index (χ2n) is 5.06. The molecule has 3 nitrogen and oxygen atoms in total. The number of fused-ring (bicyclic) bond motifs is 2. The number of imidazole rings is 1. The van der Waals surface area contributed by atoms with Crippen LogP contribution in [0.2, 0.25) is 0 Å². The van der Waals surface area contributed by atoms with Crippen LogP contribution in [-0.4, -0.2) is 9.97 Å². The molecule has 0 radical (unpaired) electrons. The Morgan fingerprint density at radius 3 is 2.84 bits per heavy atom. The lowest BCUT2D eigenvalue weighted by molar-refractivity contribution is 0.912. The van der Waals surface area contributed by atoms with Gasteiger partial charge in [0.1, 0.15) is 0 Å². The van der Waals surface area contributed by atoms with Gasteiger partial charge in [-0.25, -0.2) is 4.98 Å². The minimum atomic E-state index is 0.805. The monoisotopic (exact) mass is 249 g/mol. The van der Waals surface area contributed by atoms with Gasteiger partial charge in [0.2, 0.25) is 5.95 Å². The van der Waals surface area contributed by atoms with Crippen LogP contribution in [0.5, 0.6) is 0 Å². The molecular weight excluding hydrogens is 234 g/mol. The lowest BCUT2D eigenvalue weighted by Gasteiger charge is -2.05. The Morgan fingerprint density at radius 1 is 1.00 bits per heavy atom. The summed E-state index contributed by atoms with van der Waals surface area (Å²) in [6.45, 7) is 0. The molecule has 19 heavy (non-hydrogen) atoms. The number of rotatable bonds is 2. The van der Waals surface area contributed by atoms with E-state index >= 15 is 0 Å². The summed E-state index contributed by atoms with van der Waals surface area (Å²) in [6, 6.07) is 14.7. The number of H-pyrrole nitrogens is 1. The zero-order valence-electron chi connectivity index (χ0n) is 10.6. The Morgan fingerprint density at radius 2 is 1.89 bits per heavy atom. The average Bonchev–Trinajstić information content (AvgIpc) is 3.03. The molecule has 1 aliphatic rings. The second-order valence-corrected chi connectivity index (χ2v) is 5.06. The van der Waals surface area contributed by atoms with Crippen molar-refractivity contribution in [1.82, 2.24) is 9.97 Å². The van der Waals surface area contributed by atoms with E-state index in [1.165, 1.54) is 30.4 Å². The van der Waals surface area contributed by atoms with E-state index in [2.05, 4.69) is 33.5 Å². The summed E-state index contributed by atoms with van der Waals surface area (Å²) in [5.41, 5.74) is 6.13. The third kappa shape index (κ3) is 1.87. The van der Waals surface area contributed by atoms with E-state index in [9.17, 15) is 0 Å². The van der Waals surface area contributed by atoms with Crippen molar-refractivity contribution >= 4 is 22.7 Å². The predicted octanol–water partition coefficient (Wildman–Crippen LogP) is 3.80. The zero-order valence-corrected chi connectivity index (χ0v) is 10.6. The van der Waals surface area contributed by atoms with Crippen molar-refractivity contribution in [3.05, 3.63) is 53.6 Å². The number of nitrogens with zero attached hydrogens (tertiary/aromatic N) is 1. The third-order valence-electron chi connectivity index (χ3n) is 3.75. The standard InChI is InChI=1S/C16H15N3/c1-2-7-15-14(6-1)18-16(19-15)17-13-9-8-11-4-3-5-12(11)10-13/h1-2,6-10H,3-5H2,(H2,17,18,19). The molecule has 0 saturated heterocycles. The number of aromatic nitrogens is 2. The second kappa shape index (κ2) is 4.12. The number of anilines is 2. The molecular formula is C16H15N3. The number of nitrogens with one attached hydrogen (secondary N) is 2. The molecule has 1 aromatic heterocycles. The van der Waals surface area contributed by atoms with Crippen molar-refractivity contribution in [2.45, 2.75) is 19.3 Å². The van der Waals surface area contributed by atoms with Gasteiger partial charge in [-0.2, -0.15) is 0 Å². The lowest BCUT2D eigenvalue weighted by atomic mass is 10.1. The van der Waals surface area contributed by atoms with E-state index < -0.39 is 0 Å². The normalized spacial score (nSPS) is 13.7. The van der Waals surface area contributed by atoms with E-state index in [-0.39, 0.29) is 0 Å². The third-order valence-corrected chi connectivity index (χ3v) is 3.75. The van der Waals surface area contributed by atoms with Gasteiger partial charge in [0, 0.05) is 5.69 Å². The van der Waals surface area contributed by atoms with Crippen LogP contribution in [0.25, 0.3) is 11.0 Å². The highest BCUT2D eigenvalue weighted by atomic mass is 15.1. The smallest absolute Gasteiger partial charge is 0.205 e. The van der Waals surface area contributed by atoms with Crippen molar-refractivity contribution in [3.63, 3.8) is 0 Å². The highest BCUT2D eigenvalue weighted by Crippen LogP contribution is 2.26. The first-order chi connectivity index (χ1) is 9.38. The van der Waals surface area contributed by atoms with Crippen molar-refractivity contribution in [2.24, 2.45) is 0 Å². The van der Waals surface area contributed by atoms with Gasteiger partial charge in [-0.15, -0.1) is 0 Å². The van der Waals surface area contributed by atoms with Gasteiger partial charge in [0.05, 0.1) is 11.0 Å². The molecule has 0 unspecified atom stereocenters. The maximum Gasteiger partial charge on any atom is 0.205 e. The molecule has 0 aliphatic heterocycles. The number of aryl methyl sites for hydroxylation is 2. The summed E-state index contributed by atoms with van der Waals surface area (Å²) in [5, 5.41) is 3.36. The van der Waals surface area contributed by atoms with Crippen LogP contribution in [0.1, 0.15) is 17.5 Å². The summed E-state index contributed by atoms with van der Waals surface area (Å²) in [5.74, 6) is 0.805. The summed E-state index contributed by atoms with van der Waals surface area (Å²) in [7, 11) is 0. The van der Waals surface area contributed by atoms with E-state index in [4.69, 9.17) is 0 Å². The molecule has 3 heteroatoms. The van der Waals surface area contributed by atoms with Crippen LogP contribution in [-0.2, 0) is 12.8 Å². The van der Waals surface area contributed by atoms with Crippen LogP contribution >= 0.6 is 0 Å².